The predicted molar refractivity (Wildman–Crippen MR) is 67.9 cm³/mol. The van der Waals surface area contributed by atoms with Crippen LogP contribution in [0, 0.1) is 11.8 Å². The highest BCUT2D eigenvalue weighted by molar-refractivity contribution is 5.85. The van der Waals surface area contributed by atoms with Gasteiger partial charge in [-0.2, -0.15) is 13.2 Å². The normalized spacial score (nSPS) is 29.2. The van der Waals surface area contributed by atoms with E-state index in [2.05, 4.69) is 0 Å². The smallest absolute Gasteiger partial charge is 0.342 e. The van der Waals surface area contributed by atoms with Crippen LogP contribution in [0.25, 0.3) is 0 Å². The molecule has 1 aliphatic carbocycles. The topological polar surface area (TPSA) is 46.3 Å². The van der Waals surface area contributed by atoms with Gasteiger partial charge in [0.1, 0.15) is 0 Å². The number of hydrogen-bond donors (Lipinski definition) is 1. The molecule has 1 amide bonds. The Morgan fingerprint density at radius 1 is 1.11 bits per heavy atom. The van der Waals surface area contributed by atoms with Crippen LogP contribution in [0.3, 0.4) is 0 Å². The van der Waals surface area contributed by atoms with Crippen LogP contribution in [0.15, 0.2) is 0 Å². The van der Waals surface area contributed by atoms with E-state index in [0.717, 1.165) is 12.8 Å². The molecule has 1 saturated heterocycles. The van der Waals surface area contributed by atoms with Crippen molar-refractivity contribution in [3.05, 3.63) is 0 Å². The lowest BCUT2D eigenvalue weighted by Gasteiger charge is -2.34. The summed E-state index contributed by atoms with van der Waals surface area (Å²) >= 11 is 0. The fraction of sp³-hybridized carbons (Fsp3) is 0.917. The molecule has 112 valence electrons. The third-order valence-corrected chi connectivity index (χ3v) is 4.09. The summed E-state index contributed by atoms with van der Waals surface area (Å²) in [6.07, 6.45) is -1.75. The molecule has 19 heavy (non-hydrogen) atoms. The standard InChI is InChI=1S/C12H19F3N2O.ClH/c13-12(14,15)9-3-5-17(6-4-9)11(18)8-1-2-10(16)7-8;/h8-10H,1-7,16H2;1H. The lowest BCUT2D eigenvalue weighted by atomic mass is 9.95. The molecule has 7 heteroatoms. The highest BCUT2D eigenvalue weighted by atomic mass is 35.5. The van der Waals surface area contributed by atoms with Crippen LogP contribution < -0.4 is 5.73 Å². The number of alkyl halides is 3. The Balaban J connectivity index is 0.00000180. The van der Waals surface area contributed by atoms with Crippen LogP contribution in [0.1, 0.15) is 32.1 Å². The molecule has 0 aromatic rings. The highest BCUT2D eigenvalue weighted by Crippen LogP contribution is 2.35. The number of hydrogen-bond acceptors (Lipinski definition) is 2. The molecule has 2 unspecified atom stereocenters. The Hall–Kier alpha value is -0.490. The van der Waals surface area contributed by atoms with E-state index in [9.17, 15) is 18.0 Å². The van der Waals surface area contributed by atoms with Crippen LogP contribution in [0.2, 0.25) is 0 Å². The Bertz CT molecular complexity index is 317. The lowest BCUT2D eigenvalue weighted by Crippen LogP contribution is -2.44. The quantitative estimate of drug-likeness (QED) is 0.808. The lowest BCUT2D eigenvalue weighted by molar-refractivity contribution is -0.186. The van der Waals surface area contributed by atoms with Crippen molar-refractivity contribution in [1.82, 2.24) is 4.90 Å². The van der Waals surface area contributed by atoms with Crippen LogP contribution in [-0.4, -0.2) is 36.1 Å². The van der Waals surface area contributed by atoms with Gasteiger partial charge in [-0.05, 0) is 32.1 Å². The molecule has 1 saturated carbocycles. The number of halogens is 4. The molecule has 2 N–H and O–H groups in total. The minimum Gasteiger partial charge on any atom is -0.342 e. The molecule has 0 aromatic heterocycles. The van der Waals surface area contributed by atoms with Gasteiger partial charge in [0.15, 0.2) is 0 Å². The zero-order valence-electron chi connectivity index (χ0n) is 10.7. The molecular weight excluding hydrogens is 281 g/mol. The molecule has 2 rings (SSSR count). The zero-order valence-corrected chi connectivity index (χ0v) is 11.5. The maximum absolute atomic E-state index is 12.5. The van der Waals surface area contributed by atoms with E-state index in [4.69, 9.17) is 5.73 Å². The van der Waals surface area contributed by atoms with Crippen molar-refractivity contribution in [1.29, 1.82) is 0 Å². The summed E-state index contributed by atoms with van der Waals surface area (Å²) in [6, 6.07) is 0.0756. The molecule has 0 bridgehead atoms. The van der Waals surface area contributed by atoms with Gasteiger partial charge in [-0.15, -0.1) is 12.4 Å². The number of rotatable bonds is 1. The van der Waals surface area contributed by atoms with Crippen molar-refractivity contribution < 1.29 is 18.0 Å². The van der Waals surface area contributed by atoms with Crippen molar-refractivity contribution in [3.63, 3.8) is 0 Å². The van der Waals surface area contributed by atoms with Gasteiger partial charge in [0.05, 0.1) is 5.92 Å². The fourth-order valence-electron chi connectivity index (χ4n) is 2.93. The number of piperidine rings is 1. The molecule has 3 nitrogen and oxygen atoms in total. The zero-order chi connectivity index (χ0) is 13.3. The average molecular weight is 301 g/mol. The third-order valence-electron chi connectivity index (χ3n) is 4.09. The molecule has 2 aliphatic rings. The SMILES string of the molecule is Cl.NC1CCC(C(=O)N2CCC(C(F)(F)F)CC2)C1. The van der Waals surface area contributed by atoms with Gasteiger partial charge in [0, 0.05) is 25.0 Å². The van der Waals surface area contributed by atoms with Crippen molar-refractivity contribution in [2.45, 2.75) is 44.3 Å². The molecule has 2 atom stereocenters. The van der Waals surface area contributed by atoms with Gasteiger partial charge < -0.3 is 10.6 Å². The first-order valence-corrected chi connectivity index (χ1v) is 6.49. The van der Waals surface area contributed by atoms with Crippen LogP contribution in [0.4, 0.5) is 13.2 Å². The van der Waals surface area contributed by atoms with Crippen molar-refractivity contribution in [2.75, 3.05) is 13.1 Å². The number of nitrogens with two attached hydrogens (primary N) is 1. The van der Waals surface area contributed by atoms with Crippen LogP contribution in [0.5, 0.6) is 0 Å². The van der Waals surface area contributed by atoms with Crippen LogP contribution >= 0.6 is 12.4 Å². The second kappa shape index (κ2) is 6.31. The molecule has 1 heterocycles. The van der Waals surface area contributed by atoms with Crippen LogP contribution in [-0.2, 0) is 4.79 Å². The number of amides is 1. The van der Waals surface area contributed by atoms with Gasteiger partial charge in [0.25, 0.3) is 0 Å². The van der Waals surface area contributed by atoms with E-state index in [1.165, 1.54) is 0 Å². The van der Waals surface area contributed by atoms with Crippen molar-refractivity contribution >= 4 is 18.3 Å². The molecule has 1 aliphatic heterocycles. The van der Waals surface area contributed by atoms with E-state index < -0.39 is 12.1 Å². The monoisotopic (exact) mass is 300 g/mol. The van der Waals surface area contributed by atoms with E-state index >= 15 is 0 Å². The molecule has 0 aromatic carbocycles. The first-order chi connectivity index (χ1) is 8.38. The maximum atomic E-state index is 12.5. The summed E-state index contributed by atoms with van der Waals surface area (Å²) in [4.78, 5) is 13.7. The average Bonchev–Trinajstić information content (AvgIpc) is 2.74. The Morgan fingerprint density at radius 3 is 2.11 bits per heavy atom. The second-order valence-electron chi connectivity index (χ2n) is 5.41. The number of nitrogens with zero attached hydrogens (tertiary/aromatic N) is 1. The van der Waals surface area contributed by atoms with E-state index in [0.29, 0.717) is 6.42 Å². The first-order valence-electron chi connectivity index (χ1n) is 6.49. The summed E-state index contributed by atoms with van der Waals surface area (Å²) in [5.41, 5.74) is 5.75. The largest absolute Gasteiger partial charge is 0.391 e. The Morgan fingerprint density at radius 2 is 1.68 bits per heavy atom. The molecular formula is C12H20ClF3N2O. The molecule has 0 radical (unpaired) electrons. The molecule has 0 spiro atoms. The van der Waals surface area contributed by atoms with E-state index in [-0.39, 0.29) is 56.2 Å². The fourth-order valence-corrected chi connectivity index (χ4v) is 2.93. The first kappa shape index (κ1) is 16.6. The second-order valence-corrected chi connectivity index (χ2v) is 5.41. The van der Waals surface area contributed by atoms with Crippen molar-refractivity contribution in [3.8, 4) is 0 Å². The summed E-state index contributed by atoms with van der Waals surface area (Å²) in [7, 11) is 0. The highest BCUT2D eigenvalue weighted by Gasteiger charge is 2.42. The Kier molecular flexibility index (Phi) is 5.50. The number of carbonyl (C=O) groups is 1. The van der Waals surface area contributed by atoms with Crippen molar-refractivity contribution in [2.24, 2.45) is 17.6 Å². The summed E-state index contributed by atoms with van der Waals surface area (Å²) in [5.74, 6) is -1.31. The minimum atomic E-state index is -4.12. The Labute approximate surface area is 117 Å². The maximum Gasteiger partial charge on any atom is 0.391 e. The summed E-state index contributed by atoms with van der Waals surface area (Å²) in [6.45, 7) is 0.462. The van der Waals surface area contributed by atoms with Gasteiger partial charge in [-0.1, -0.05) is 0 Å². The van der Waals surface area contributed by atoms with E-state index in [1.807, 2.05) is 0 Å². The van der Waals surface area contributed by atoms with E-state index in [1.54, 1.807) is 4.90 Å². The number of carbonyl (C=O) groups excluding carboxylic acids is 1. The van der Waals surface area contributed by atoms with Gasteiger partial charge in [-0.25, -0.2) is 0 Å². The van der Waals surface area contributed by atoms with Gasteiger partial charge in [-0.3, -0.25) is 4.79 Å². The van der Waals surface area contributed by atoms with Gasteiger partial charge in [0.2, 0.25) is 5.91 Å². The molecule has 2 fully saturated rings. The summed E-state index contributed by atoms with van der Waals surface area (Å²) < 4.78 is 37.5. The summed E-state index contributed by atoms with van der Waals surface area (Å²) in [5, 5.41) is 0. The van der Waals surface area contributed by atoms with Gasteiger partial charge >= 0.3 is 6.18 Å². The number of likely N-dealkylation sites (tertiary alicyclic amines) is 1. The minimum absolute atomic E-state index is 0. The third kappa shape index (κ3) is 3.99. The predicted octanol–water partition coefficient (Wildman–Crippen LogP) is 2.34.